The molecule has 0 radical (unpaired) electrons. The summed E-state index contributed by atoms with van der Waals surface area (Å²) in [5.41, 5.74) is 3.74. The highest BCUT2D eigenvalue weighted by Gasteiger charge is 2.07. The lowest BCUT2D eigenvalue weighted by Crippen LogP contribution is -2.09. The van der Waals surface area contributed by atoms with Gasteiger partial charge in [-0.2, -0.15) is 0 Å². The van der Waals surface area contributed by atoms with Gasteiger partial charge < -0.3 is 4.90 Å². The predicted molar refractivity (Wildman–Crippen MR) is 83.2 cm³/mol. The Balaban J connectivity index is 2.15. The molecule has 0 aromatic heterocycles. The van der Waals surface area contributed by atoms with Crippen LogP contribution in [0.1, 0.15) is 5.56 Å². The topological polar surface area (TPSA) is 3.24 Å². The highest BCUT2D eigenvalue weighted by Crippen LogP contribution is 2.31. The Labute approximate surface area is 114 Å². The van der Waals surface area contributed by atoms with Crippen molar-refractivity contribution in [1.29, 1.82) is 0 Å². The maximum absolute atomic E-state index is 2.23. The number of fused-ring (bicyclic) bond motifs is 1. The quantitative estimate of drug-likeness (QED) is 0.621. The van der Waals surface area contributed by atoms with E-state index in [9.17, 15) is 0 Å². The van der Waals surface area contributed by atoms with Gasteiger partial charge in [0.1, 0.15) is 0 Å². The molecule has 3 aromatic rings. The van der Waals surface area contributed by atoms with Crippen LogP contribution < -0.4 is 4.90 Å². The fraction of sp³-hybridized carbons (Fsp3) is 0.111. The minimum atomic E-state index is 1.20. The summed E-state index contributed by atoms with van der Waals surface area (Å²) in [6.45, 7) is 2.13. The van der Waals surface area contributed by atoms with Crippen LogP contribution in [0.2, 0.25) is 0 Å². The number of hydrogen-bond acceptors (Lipinski definition) is 1. The summed E-state index contributed by atoms with van der Waals surface area (Å²) in [5, 5.41) is 2.58. The first-order valence-electron chi connectivity index (χ1n) is 6.54. The van der Waals surface area contributed by atoms with Gasteiger partial charge in [0, 0.05) is 23.8 Å². The highest BCUT2D eigenvalue weighted by atomic mass is 15.1. The zero-order valence-corrected chi connectivity index (χ0v) is 11.3. The maximum Gasteiger partial charge on any atom is 0.0487 e. The molecule has 0 spiro atoms. The number of hydrogen-bond donors (Lipinski definition) is 0. The number of nitrogens with zero attached hydrogens (tertiary/aromatic N) is 1. The molecule has 0 fully saturated rings. The van der Waals surface area contributed by atoms with Gasteiger partial charge in [0.05, 0.1) is 0 Å². The van der Waals surface area contributed by atoms with Crippen LogP contribution >= 0.6 is 0 Å². The van der Waals surface area contributed by atoms with Gasteiger partial charge in [-0.15, -0.1) is 0 Å². The standard InChI is InChI=1S/C18H17N/c1-14-11-12-17-15(13-14)7-6-10-18(17)19(2)16-8-4-3-5-9-16/h3-13H,1-2H3. The molecule has 0 N–H and O–H groups in total. The molecule has 0 unspecified atom stereocenters. The fourth-order valence-electron chi connectivity index (χ4n) is 2.47. The van der Waals surface area contributed by atoms with E-state index in [0.717, 1.165) is 0 Å². The van der Waals surface area contributed by atoms with Crippen molar-refractivity contribution in [3.63, 3.8) is 0 Å². The SMILES string of the molecule is Cc1ccc2c(N(C)c3ccccc3)cccc2c1. The molecule has 0 atom stereocenters. The lowest BCUT2D eigenvalue weighted by Gasteiger charge is -2.21. The number of anilines is 2. The fourth-order valence-corrected chi connectivity index (χ4v) is 2.47. The van der Waals surface area contributed by atoms with Crippen LogP contribution in [0.3, 0.4) is 0 Å². The molecule has 3 rings (SSSR count). The van der Waals surface area contributed by atoms with E-state index in [1.165, 1.54) is 27.7 Å². The summed E-state index contributed by atoms with van der Waals surface area (Å²) in [7, 11) is 2.12. The van der Waals surface area contributed by atoms with Crippen molar-refractivity contribution in [1.82, 2.24) is 0 Å². The molecule has 19 heavy (non-hydrogen) atoms. The zero-order valence-electron chi connectivity index (χ0n) is 11.3. The summed E-state index contributed by atoms with van der Waals surface area (Å²) in [5.74, 6) is 0. The molecule has 0 saturated heterocycles. The number of para-hydroxylation sites is 1. The molecule has 0 amide bonds. The molecule has 0 bridgehead atoms. The Kier molecular flexibility index (Phi) is 2.96. The summed E-state index contributed by atoms with van der Waals surface area (Å²) < 4.78 is 0. The van der Waals surface area contributed by atoms with Crippen molar-refractivity contribution >= 4 is 22.1 Å². The molecular weight excluding hydrogens is 230 g/mol. The van der Waals surface area contributed by atoms with Crippen molar-refractivity contribution in [2.45, 2.75) is 6.92 Å². The first kappa shape index (κ1) is 11.8. The van der Waals surface area contributed by atoms with Crippen molar-refractivity contribution in [3.05, 3.63) is 72.3 Å². The summed E-state index contributed by atoms with van der Waals surface area (Å²) in [4.78, 5) is 2.23. The van der Waals surface area contributed by atoms with Gasteiger partial charge in [-0.05, 0) is 30.5 Å². The Morgan fingerprint density at radius 2 is 1.58 bits per heavy atom. The molecule has 94 valence electrons. The van der Waals surface area contributed by atoms with E-state index in [-0.39, 0.29) is 0 Å². The highest BCUT2D eigenvalue weighted by molar-refractivity contribution is 5.96. The third-order valence-electron chi connectivity index (χ3n) is 3.52. The van der Waals surface area contributed by atoms with Crippen molar-refractivity contribution in [2.75, 3.05) is 11.9 Å². The van der Waals surface area contributed by atoms with Crippen LogP contribution in [0.4, 0.5) is 11.4 Å². The Morgan fingerprint density at radius 3 is 2.37 bits per heavy atom. The molecule has 0 aliphatic rings. The van der Waals surface area contributed by atoms with Crippen LogP contribution in [-0.4, -0.2) is 7.05 Å². The zero-order chi connectivity index (χ0) is 13.2. The normalized spacial score (nSPS) is 10.6. The minimum absolute atomic E-state index is 1.20. The van der Waals surface area contributed by atoms with Gasteiger partial charge >= 0.3 is 0 Å². The lowest BCUT2D eigenvalue weighted by atomic mass is 10.1. The summed E-state index contributed by atoms with van der Waals surface area (Å²) in [6, 6.07) is 23.5. The van der Waals surface area contributed by atoms with Crippen LogP contribution in [-0.2, 0) is 0 Å². The largest absolute Gasteiger partial charge is 0.344 e. The second-order valence-electron chi connectivity index (χ2n) is 4.90. The average Bonchev–Trinajstić information content (AvgIpc) is 2.46. The predicted octanol–water partition coefficient (Wildman–Crippen LogP) is 4.92. The number of aryl methyl sites for hydroxylation is 1. The van der Waals surface area contributed by atoms with Crippen LogP contribution in [0.25, 0.3) is 10.8 Å². The maximum atomic E-state index is 2.23. The van der Waals surface area contributed by atoms with E-state index >= 15 is 0 Å². The Morgan fingerprint density at radius 1 is 0.789 bits per heavy atom. The van der Waals surface area contributed by atoms with E-state index in [4.69, 9.17) is 0 Å². The van der Waals surface area contributed by atoms with Crippen molar-refractivity contribution in [3.8, 4) is 0 Å². The van der Waals surface area contributed by atoms with Crippen molar-refractivity contribution in [2.24, 2.45) is 0 Å². The number of benzene rings is 3. The molecule has 0 saturated carbocycles. The smallest absolute Gasteiger partial charge is 0.0487 e. The molecule has 3 aromatic carbocycles. The summed E-state index contributed by atoms with van der Waals surface area (Å²) in [6.07, 6.45) is 0. The molecule has 0 aliphatic carbocycles. The van der Waals surface area contributed by atoms with E-state index in [1.807, 2.05) is 6.07 Å². The van der Waals surface area contributed by atoms with Gasteiger partial charge in [0.2, 0.25) is 0 Å². The molecule has 0 heterocycles. The third-order valence-corrected chi connectivity index (χ3v) is 3.52. The number of rotatable bonds is 2. The molecule has 0 aliphatic heterocycles. The van der Waals surface area contributed by atoms with Gasteiger partial charge in [-0.1, -0.05) is 54.1 Å². The molecule has 1 nitrogen and oxygen atoms in total. The average molecular weight is 247 g/mol. The van der Waals surface area contributed by atoms with E-state index < -0.39 is 0 Å². The lowest BCUT2D eigenvalue weighted by molar-refractivity contribution is 1.22. The van der Waals surface area contributed by atoms with Gasteiger partial charge in [0.25, 0.3) is 0 Å². The van der Waals surface area contributed by atoms with Gasteiger partial charge in [-0.3, -0.25) is 0 Å². The van der Waals surface area contributed by atoms with E-state index in [2.05, 4.69) is 79.5 Å². The Hall–Kier alpha value is -2.28. The van der Waals surface area contributed by atoms with Gasteiger partial charge in [-0.25, -0.2) is 0 Å². The van der Waals surface area contributed by atoms with Crippen LogP contribution in [0.15, 0.2) is 66.7 Å². The first-order chi connectivity index (χ1) is 9.25. The van der Waals surface area contributed by atoms with Crippen LogP contribution in [0, 0.1) is 6.92 Å². The van der Waals surface area contributed by atoms with Crippen LogP contribution in [0.5, 0.6) is 0 Å². The van der Waals surface area contributed by atoms with Gasteiger partial charge in [0.15, 0.2) is 0 Å². The minimum Gasteiger partial charge on any atom is -0.344 e. The monoisotopic (exact) mass is 247 g/mol. The first-order valence-corrected chi connectivity index (χ1v) is 6.54. The summed E-state index contributed by atoms with van der Waals surface area (Å²) >= 11 is 0. The Bertz CT molecular complexity index is 701. The van der Waals surface area contributed by atoms with E-state index in [0.29, 0.717) is 0 Å². The molecule has 1 heteroatoms. The van der Waals surface area contributed by atoms with Crippen molar-refractivity contribution < 1.29 is 0 Å². The molecular formula is C18H17N. The second-order valence-corrected chi connectivity index (χ2v) is 4.90. The van der Waals surface area contributed by atoms with E-state index in [1.54, 1.807) is 0 Å². The second kappa shape index (κ2) is 4.77. The third kappa shape index (κ3) is 2.19.